The molecule has 2 rings (SSSR count). The fourth-order valence-electron chi connectivity index (χ4n) is 1.24. The molecule has 1 heterocycles. The second kappa shape index (κ2) is 2.97. The van der Waals surface area contributed by atoms with Crippen molar-refractivity contribution in [3.8, 4) is 0 Å². The van der Waals surface area contributed by atoms with Crippen molar-refractivity contribution < 1.29 is 9.50 Å². The summed E-state index contributed by atoms with van der Waals surface area (Å²) in [7, 11) is 0. The molecule has 0 aliphatic rings. The summed E-state index contributed by atoms with van der Waals surface area (Å²) in [6, 6.07) is 3.28. The first-order chi connectivity index (χ1) is 6.22. The topological polar surface area (TPSA) is 46.2 Å². The minimum atomic E-state index is -0.254. The molecule has 0 atom stereocenters. The Balaban J connectivity index is 2.76. The van der Waals surface area contributed by atoms with Crippen molar-refractivity contribution >= 4 is 27.1 Å². The van der Waals surface area contributed by atoms with Gasteiger partial charge in [0, 0.05) is 26.7 Å². The molecule has 3 N–H and O–H groups in total. The Morgan fingerprint density at radius 3 is 2.92 bits per heavy atom. The largest absolute Gasteiger partial charge is 0.398 e. The maximum atomic E-state index is 13.1. The second-order valence-electron chi connectivity index (χ2n) is 2.79. The molecule has 0 radical (unpaired) electrons. The van der Waals surface area contributed by atoms with E-state index in [1.54, 1.807) is 12.1 Å². The Hall–Kier alpha value is -1.13. The van der Waals surface area contributed by atoms with Crippen LogP contribution >= 0.6 is 11.3 Å². The Morgan fingerprint density at radius 1 is 1.46 bits per heavy atom. The summed E-state index contributed by atoms with van der Waals surface area (Å²) in [5, 5.41) is 10.9. The highest BCUT2D eigenvalue weighted by atomic mass is 32.1. The van der Waals surface area contributed by atoms with Gasteiger partial charge in [-0.15, -0.1) is 11.3 Å². The van der Waals surface area contributed by atoms with Gasteiger partial charge in [0.2, 0.25) is 0 Å². The average molecular weight is 197 g/mol. The van der Waals surface area contributed by atoms with Crippen molar-refractivity contribution in [1.29, 1.82) is 0 Å². The predicted octanol–water partition coefficient (Wildman–Crippen LogP) is 2.11. The summed E-state index contributed by atoms with van der Waals surface area (Å²) in [5.41, 5.74) is 6.69. The molecule has 0 aliphatic carbocycles. The van der Waals surface area contributed by atoms with Gasteiger partial charge in [0.1, 0.15) is 5.82 Å². The molecular formula is C9H8FNOS. The number of thiophene rings is 1. The first kappa shape index (κ1) is 8.47. The Labute approximate surface area is 78.4 Å². The van der Waals surface area contributed by atoms with Crippen molar-refractivity contribution in [2.75, 3.05) is 5.73 Å². The number of halogens is 1. The quantitative estimate of drug-likeness (QED) is 0.688. The summed E-state index contributed by atoms with van der Waals surface area (Å²) in [5.74, 6) is -0.254. The molecule has 13 heavy (non-hydrogen) atoms. The van der Waals surface area contributed by atoms with Crippen LogP contribution in [-0.2, 0) is 6.61 Å². The van der Waals surface area contributed by atoms with Crippen LogP contribution in [0.3, 0.4) is 0 Å². The van der Waals surface area contributed by atoms with Gasteiger partial charge < -0.3 is 10.8 Å². The zero-order chi connectivity index (χ0) is 9.42. The fraction of sp³-hybridized carbons (Fsp3) is 0.111. The third-order valence-corrected chi connectivity index (χ3v) is 2.87. The highest BCUT2D eigenvalue weighted by Crippen LogP contribution is 2.29. The normalized spacial score (nSPS) is 10.9. The molecular weight excluding hydrogens is 189 g/mol. The van der Waals surface area contributed by atoms with Gasteiger partial charge in [-0.3, -0.25) is 0 Å². The predicted molar refractivity (Wildman–Crippen MR) is 52.1 cm³/mol. The Bertz CT molecular complexity index is 452. The minimum absolute atomic E-state index is 0.110. The zero-order valence-electron chi connectivity index (χ0n) is 6.75. The summed E-state index contributed by atoms with van der Waals surface area (Å²) in [4.78, 5) is 0. The molecule has 2 aromatic rings. The molecule has 0 fully saturated rings. The monoisotopic (exact) mass is 197 g/mol. The highest BCUT2D eigenvalue weighted by Gasteiger charge is 2.06. The van der Waals surface area contributed by atoms with E-state index in [2.05, 4.69) is 0 Å². The van der Waals surface area contributed by atoms with E-state index in [1.807, 2.05) is 0 Å². The van der Waals surface area contributed by atoms with Crippen LogP contribution in [0, 0.1) is 5.82 Å². The molecule has 4 heteroatoms. The standard InChI is InChI=1S/C9H8FNOS/c10-7-4-13-9-1-5(3-12)8(11)2-6(7)9/h1-2,4,12H,3,11H2. The molecule has 0 saturated heterocycles. The van der Waals surface area contributed by atoms with Crippen LogP contribution in [0.1, 0.15) is 5.56 Å². The molecule has 1 aromatic carbocycles. The number of nitrogen functional groups attached to an aromatic ring is 1. The van der Waals surface area contributed by atoms with Crippen LogP contribution in [0.4, 0.5) is 10.1 Å². The minimum Gasteiger partial charge on any atom is -0.398 e. The van der Waals surface area contributed by atoms with E-state index >= 15 is 0 Å². The Kier molecular flexibility index (Phi) is 1.94. The molecule has 0 spiro atoms. The summed E-state index contributed by atoms with van der Waals surface area (Å²) in [6.45, 7) is -0.110. The van der Waals surface area contributed by atoms with Gasteiger partial charge in [0.05, 0.1) is 6.61 Å². The number of hydrogen-bond acceptors (Lipinski definition) is 3. The zero-order valence-corrected chi connectivity index (χ0v) is 7.57. The van der Waals surface area contributed by atoms with E-state index in [1.165, 1.54) is 16.7 Å². The van der Waals surface area contributed by atoms with E-state index < -0.39 is 0 Å². The van der Waals surface area contributed by atoms with Crippen molar-refractivity contribution in [2.24, 2.45) is 0 Å². The molecule has 0 aliphatic heterocycles. The van der Waals surface area contributed by atoms with E-state index in [9.17, 15) is 4.39 Å². The van der Waals surface area contributed by atoms with E-state index in [0.29, 0.717) is 16.6 Å². The lowest BCUT2D eigenvalue weighted by atomic mass is 10.1. The first-order valence-electron chi connectivity index (χ1n) is 3.78. The molecule has 0 unspecified atom stereocenters. The third kappa shape index (κ3) is 1.28. The number of aliphatic hydroxyl groups excluding tert-OH is 1. The summed E-state index contributed by atoms with van der Waals surface area (Å²) >= 11 is 1.31. The van der Waals surface area contributed by atoms with Crippen molar-refractivity contribution in [2.45, 2.75) is 6.61 Å². The lowest BCUT2D eigenvalue weighted by Crippen LogP contribution is -1.93. The third-order valence-electron chi connectivity index (χ3n) is 1.96. The number of aliphatic hydroxyl groups is 1. The number of nitrogens with two attached hydrogens (primary N) is 1. The number of benzene rings is 1. The molecule has 2 nitrogen and oxygen atoms in total. The SMILES string of the molecule is Nc1cc2c(F)csc2cc1CO. The van der Waals surface area contributed by atoms with Gasteiger partial charge in [-0.1, -0.05) is 0 Å². The van der Waals surface area contributed by atoms with Gasteiger partial charge in [0.25, 0.3) is 0 Å². The van der Waals surface area contributed by atoms with Gasteiger partial charge in [-0.2, -0.15) is 0 Å². The number of rotatable bonds is 1. The maximum absolute atomic E-state index is 13.1. The fourth-order valence-corrected chi connectivity index (χ4v) is 2.09. The number of fused-ring (bicyclic) bond motifs is 1. The number of hydrogen-bond donors (Lipinski definition) is 2. The first-order valence-corrected chi connectivity index (χ1v) is 4.66. The van der Waals surface area contributed by atoms with Crippen LogP contribution in [0.2, 0.25) is 0 Å². The number of anilines is 1. The maximum Gasteiger partial charge on any atom is 0.141 e. The smallest absolute Gasteiger partial charge is 0.141 e. The molecule has 0 saturated carbocycles. The average Bonchev–Trinajstić information content (AvgIpc) is 2.47. The van der Waals surface area contributed by atoms with Crippen molar-refractivity contribution in [3.63, 3.8) is 0 Å². The van der Waals surface area contributed by atoms with Gasteiger partial charge in [-0.05, 0) is 12.1 Å². The lowest BCUT2D eigenvalue weighted by molar-refractivity contribution is 0.282. The molecule has 0 amide bonds. The lowest BCUT2D eigenvalue weighted by Gasteiger charge is -2.01. The van der Waals surface area contributed by atoms with E-state index in [-0.39, 0.29) is 12.4 Å². The second-order valence-corrected chi connectivity index (χ2v) is 3.70. The van der Waals surface area contributed by atoms with E-state index in [4.69, 9.17) is 10.8 Å². The van der Waals surface area contributed by atoms with Crippen molar-refractivity contribution in [1.82, 2.24) is 0 Å². The summed E-state index contributed by atoms with van der Waals surface area (Å²) in [6.07, 6.45) is 0. The molecule has 1 aromatic heterocycles. The van der Waals surface area contributed by atoms with Gasteiger partial charge in [0.15, 0.2) is 0 Å². The van der Waals surface area contributed by atoms with Crippen LogP contribution < -0.4 is 5.73 Å². The molecule has 0 bridgehead atoms. The highest BCUT2D eigenvalue weighted by molar-refractivity contribution is 7.17. The van der Waals surface area contributed by atoms with Crippen LogP contribution in [0.15, 0.2) is 17.5 Å². The Morgan fingerprint density at radius 2 is 2.23 bits per heavy atom. The van der Waals surface area contributed by atoms with Gasteiger partial charge >= 0.3 is 0 Å². The molecule has 68 valence electrons. The van der Waals surface area contributed by atoms with Gasteiger partial charge in [-0.25, -0.2) is 4.39 Å². The van der Waals surface area contributed by atoms with Crippen LogP contribution in [0.25, 0.3) is 10.1 Å². The van der Waals surface area contributed by atoms with Crippen LogP contribution in [-0.4, -0.2) is 5.11 Å². The van der Waals surface area contributed by atoms with Crippen molar-refractivity contribution in [3.05, 3.63) is 28.9 Å². The van der Waals surface area contributed by atoms with E-state index in [0.717, 1.165) is 4.70 Å². The van der Waals surface area contributed by atoms with Crippen LogP contribution in [0.5, 0.6) is 0 Å². The summed E-state index contributed by atoms with van der Waals surface area (Å²) < 4.78 is 13.9.